The molecule has 2 aromatic rings. The zero-order chi connectivity index (χ0) is 14.7. The lowest BCUT2D eigenvalue weighted by molar-refractivity contribution is 0.0692. The van der Waals surface area contributed by atoms with Gasteiger partial charge in [0.1, 0.15) is 5.56 Å². The largest absolute Gasteiger partial charge is 0.478 e. The Morgan fingerprint density at radius 3 is 2.70 bits per heavy atom. The molecule has 2 N–H and O–H groups in total. The Labute approximate surface area is 116 Å². The van der Waals surface area contributed by atoms with E-state index in [-0.39, 0.29) is 17.4 Å². The third-order valence-electron chi connectivity index (χ3n) is 3.13. The van der Waals surface area contributed by atoms with E-state index in [1.54, 1.807) is 0 Å². The fourth-order valence-electron chi connectivity index (χ4n) is 2.06. The smallest absolute Gasteiger partial charge is 0.338 e. The predicted octanol–water partition coefficient (Wildman–Crippen LogP) is 3.40. The van der Waals surface area contributed by atoms with E-state index in [0.29, 0.717) is 0 Å². The lowest BCUT2D eigenvalue weighted by atomic mass is 10.0. The number of aromatic nitrogens is 1. The lowest BCUT2D eigenvalue weighted by Gasteiger charge is -2.17. The van der Waals surface area contributed by atoms with Gasteiger partial charge in [0.15, 0.2) is 11.6 Å². The molecule has 5 heteroatoms. The maximum absolute atomic E-state index is 14.0. The fraction of sp³-hybridized carbons (Fsp3) is 0.200. The highest BCUT2D eigenvalue weighted by Gasteiger charge is 2.17. The average Bonchev–Trinajstić information content (AvgIpc) is 2.41. The Kier molecular flexibility index (Phi) is 3.98. The van der Waals surface area contributed by atoms with Gasteiger partial charge in [-0.05, 0) is 31.0 Å². The topological polar surface area (TPSA) is 62.2 Å². The quantitative estimate of drug-likeness (QED) is 0.897. The molecule has 1 aromatic carbocycles. The minimum absolute atomic E-state index is 0.0550. The van der Waals surface area contributed by atoms with Gasteiger partial charge in [-0.25, -0.2) is 14.2 Å². The number of aromatic carboxylic acids is 1. The maximum Gasteiger partial charge on any atom is 0.338 e. The van der Waals surface area contributed by atoms with Gasteiger partial charge < -0.3 is 10.4 Å². The van der Waals surface area contributed by atoms with Crippen LogP contribution in [0, 0.1) is 12.7 Å². The first-order valence-electron chi connectivity index (χ1n) is 6.20. The summed E-state index contributed by atoms with van der Waals surface area (Å²) in [6, 6.07) is 8.69. The van der Waals surface area contributed by atoms with Crippen LogP contribution in [-0.4, -0.2) is 16.1 Å². The second-order valence-electron chi connectivity index (χ2n) is 4.55. The molecule has 0 radical (unpaired) electrons. The summed E-state index contributed by atoms with van der Waals surface area (Å²) >= 11 is 0. The van der Waals surface area contributed by atoms with E-state index >= 15 is 0 Å². The molecule has 0 amide bonds. The number of hydrogen-bond acceptors (Lipinski definition) is 3. The Morgan fingerprint density at radius 1 is 1.35 bits per heavy atom. The normalized spacial score (nSPS) is 11.9. The van der Waals surface area contributed by atoms with Crippen molar-refractivity contribution in [3.05, 3.63) is 59.0 Å². The Bertz CT molecular complexity index is 644. The van der Waals surface area contributed by atoms with E-state index in [0.717, 1.165) is 17.2 Å². The molecule has 0 aliphatic carbocycles. The molecular formula is C15H15FN2O2. The standard InChI is InChI=1S/C15H15FN2O2/c1-9-5-3-4-6-11(9)10(2)18-14-13(16)12(15(19)20)7-8-17-14/h3-8,10H,1-2H3,(H,17,18)(H,19,20). The summed E-state index contributed by atoms with van der Waals surface area (Å²) in [5.41, 5.74) is 1.69. The summed E-state index contributed by atoms with van der Waals surface area (Å²) in [5.74, 6) is -2.21. The van der Waals surface area contributed by atoms with Gasteiger partial charge in [-0.3, -0.25) is 0 Å². The summed E-state index contributed by atoms with van der Waals surface area (Å²) < 4.78 is 14.0. The molecule has 104 valence electrons. The highest BCUT2D eigenvalue weighted by Crippen LogP contribution is 2.23. The van der Waals surface area contributed by atoms with Gasteiger partial charge in [0.2, 0.25) is 0 Å². The van der Waals surface area contributed by atoms with Crippen LogP contribution in [0.3, 0.4) is 0 Å². The maximum atomic E-state index is 14.0. The number of carboxylic acids is 1. The van der Waals surface area contributed by atoms with Crippen LogP contribution in [0.5, 0.6) is 0 Å². The van der Waals surface area contributed by atoms with E-state index in [4.69, 9.17) is 5.11 Å². The second-order valence-corrected chi connectivity index (χ2v) is 4.55. The summed E-state index contributed by atoms with van der Waals surface area (Å²) in [6.07, 6.45) is 1.28. The number of aryl methyl sites for hydroxylation is 1. The van der Waals surface area contributed by atoms with Gasteiger partial charge in [0, 0.05) is 6.20 Å². The van der Waals surface area contributed by atoms with Crippen LogP contribution in [-0.2, 0) is 0 Å². The average molecular weight is 274 g/mol. The molecule has 0 bridgehead atoms. The molecule has 2 rings (SSSR count). The number of benzene rings is 1. The van der Waals surface area contributed by atoms with Gasteiger partial charge in [-0.1, -0.05) is 24.3 Å². The summed E-state index contributed by atoms with van der Waals surface area (Å²) in [4.78, 5) is 14.8. The fourth-order valence-corrected chi connectivity index (χ4v) is 2.06. The van der Waals surface area contributed by atoms with E-state index in [9.17, 15) is 9.18 Å². The molecule has 1 aromatic heterocycles. The van der Waals surface area contributed by atoms with Crippen LogP contribution in [0.1, 0.15) is 34.5 Å². The van der Waals surface area contributed by atoms with Crippen LogP contribution in [0.4, 0.5) is 10.2 Å². The predicted molar refractivity (Wildman–Crippen MR) is 74.4 cm³/mol. The van der Waals surface area contributed by atoms with Gasteiger partial charge >= 0.3 is 5.97 Å². The zero-order valence-electron chi connectivity index (χ0n) is 11.2. The van der Waals surface area contributed by atoms with E-state index in [2.05, 4.69) is 10.3 Å². The number of pyridine rings is 1. The highest BCUT2D eigenvalue weighted by atomic mass is 19.1. The molecule has 0 saturated heterocycles. The molecule has 0 saturated carbocycles. The molecule has 1 atom stereocenters. The third kappa shape index (κ3) is 2.77. The first-order valence-corrected chi connectivity index (χ1v) is 6.20. The molecule has 1 unspecified atom stereocenters. The van der Waals surface area contributed by atoms with Gasteiger partial charge in [-0.2, -0.15) is 0 Å². The summed E-state index contributed by atoms with van der Waals surface area (Å²) in [7, 11) is 0. The van der Waals surface area contributed by atoms with Crippen molar-refractivity contribution in [3.63, 3.8) is 0 Å². The molecule has 0 fully saturated rings. The number of anilines is 1. The minimum Gasteiger partial charge on any atom is -0.478 e. The van der Waals surface area contributed by atoms with Gasteiger partial charge in [-0.15, -0.1) is 0 Å². The van der Waals surface area contributed by atoms with Crippen molar-refractivity contribution in [2.24, 2.45) is 0 Å². The van der Waals surface area contributed by atoms with Crippen molar-refractivity contribution in [2.75, 3.05) is 5.32 Å². The number of nitrogens with one attached hydrogen (secondary N) is 1. The Balaban J connectivity index is 2.29. The Morgan fingerprint density at radius 2 is 2.05 bits per heavy atom. The van der Waals surface area contributed by atoms with E-state index in [1.165, 1.54) is 6.20 Å². The van der Waals surface area contributed by atoms with Gasteiger partial charge in [0.25, 0.3) is 0 Å². The third-order valence-corrected chi connectivity index (χ3v) is 3.13. The number of nitrogens with zero attached hydrogens (tertiary/aromatic N) is 1. The molecule has 0 aliphatic heterocycles. The van der Waals surface area contributed by atoms with Crippen molar-refractivity contribution < 1.29 is 14.3 Å². The molecule has 4 nitrogen and oxygen atoms in total. The van der Waals surface area contributed by atoms with E-state index in [1.807, 2.05) is 38.1 Å². The molecule has 0 aliphatic rings. The molecular weight excluding hydrogens is 259 g/mol. The number of carbonyl (C=O) groups is 1. The van der Waals surface area contributed by atoms with Crippen molar-refractivity contribution in [1.82, 2.24) is 4.98 Å². The number of carboxylic acid groups (broad SMARTS) is 1. The lowest BCUT2D eigenvalue weighted by Crippen LogP contribution is -2.12. The van der Waals surface area contributed by atoms with Crippen LogP contribution in [0.15, 0.2) is 36.5 Å². The second kappa shape index (κ2) is 5.69. The molecule has 20 heavy (non-hydrogen) atoms. The minimum atomic E-state index is -1.31. The van der Waals surface area contributed by atoms with Crippen molar-refractivity contribution in [2.45, 2.75) is 19.9 Å². The number of rotatable bonds is 4. The Hall–Kier alpha value is -2.43. The van der Waals surface area contributed by atoms with Crippen LogP contribution < -0.4 is 5.32 Å². The van der Waals surface area contributed by atoms with Crippen LogP contribution >= 0.6 is 0 Å². The zero-order valence-corrected chi connectivity index (χ0v) is 11.2. The first-order chi connectivity index (χ1) is 9.50. The molecule has 1 heterocycles. The van der Waals surface area contributed by atoms with Gasteiger partial charge in [0.05, 0.1) is 6.04 Å². The van der Waals surface area contributed by atoms with E-state index < -0.39 is 11.8 Å². The number of halogens is 1. The van der Waals surface area contributed by atoms with Crippen molar-refractivity contribution >= 4 is 11.8 Å². The van der Waals surface area contributed by atoms with Crippen LogP contribution in [0.2, 0.25) is 0 Å². The summed E-state index contributed by atoms with van der Waals surface area (Å²) in [6.45, 7) is 3.84. The van der Waals surface area contributed by atoms with Crippen molar-refractivity contribution in [1.29, 1.82) is 0 Å². The first kappa shape index (κ1) is 14.0. The SMILES string of the molecule is Cc1ccccc1C(C)Nc1nccc(C(=O)O)c1F. The number of hydrogen-bond donors (Lipinski definition) is 2. The van der Waals surface area contributed by atoms with Crippen LogP contribution in [0.25, 0.3) is 0 Å². The molecule has 0 spiro atoms. The van der Waals surface area contributed by atoms with Crippen molar-refractivity contribution in [3.8, 4) is 0 Å². The highest BCUT2D eigenvalue weighted by molar-refractivity contribution is 5.88. The monoisotopic (exact) mass is 274 g/mol. The summed E-state index contributed by atoms with van der Waals surface area (Å²) in [5, 5.41) is 11.8.